The number of nitrogens with zero attached hydrogens (tertiary/aromatic N) is 3. The highest BCUT2D eigenvalue weighted by Gasteiger charge is 2.24. The van der Waals surface area contributed by atoms with Crippen molar-refractivity contribution in [2.45, 2.75) is 6.54 Å². The lowest BCUT2D eigenvalue weighted by Crippen LogP contribution is -2.40. The average molecular weight is 390 g/mol. The molecule has 2 aromatic carbocycles. The molecule has 1 heterocycles. The lowest BCUT2D eigenvalue weighted by molar-refractivity contribution is -0.384. The summed E-state index contributed by atoms with van der Waals surface area (Å²) < 4.78 is 5.24. The van der Waals surface area contributed by atoms with Gasteiger partial charge >= 0.3 is 0 Å². The number of benzene rings is 2. The van der Waals surface area contributed by atoms with Gasteiger partial charge in [0.1, 0.15) is 5.69 Å². The molecule has 0 unspecified atom stereocenters. The molecule has 0 saturated carbocycles. The van der Waals surface area contributed by atoms with E-state index in [1.807, 2.05) is 18.2 Å². The first-order chi connectivity index (χ1) is 13.0. The van der Waals surface area contributed by atoms with Crippen LogP contribution in [0.2, 0.25) is 5.02 Å². The van der Waals surface area contributed by atoms with Gasteiger partial charge in [0.15, 0.2) is 0 Å². The molecule has 0 bridgehead atoms. The van der Waals surface area contributed by atoms with Gasteiger partial charge in [-0.3, -0.25) is 14.9 Å². The molecule has 0 aromatic heterocycles. The molecule has 0 atom stereocenters. The summed E-state index contributed by atoms with van der Waals surface area (Å²) >= 11 is 6.19. The van der Waals surface area contributed by atoms with Crippen LogP contribution < -0.4 is 4.90 Å². The zero-order valence-corrected chi connectivity index (χ0v) is 15.7. The van der Waals surface area contributed by atoms with Crippen LogP contribution in [0.5, 0.6) is 0 Å². The second-order valence-electron chi connectivity index (χ2n) is 6.31. The van der Waals surface area contributed by atoms with E-state index in [0.29, 0.717) is 49.1 Å². The highest BCUT2D eigenvalue weighted by Crippen LogP contribution is 2.31. The molecule has 1 aliphatic rings. The molecule has 0 radical (unpaired) electrons. The third kappa shape index (κ3) is 4.37. The number of morpholine rings is 1. The number of amides is 1. The van der Waals surface area contributed by atoms with E-state index in [4.69, 9.17) is 16.3 Å². The van der Waals surface area contributed by atoms with Gasteiger partial charge in [-0.15, -0.1) is 0 Å². The molecule has 142 valence electrons. The Morgan fingerprint density at radius 2 is 1.96 bits per heavy atom. The molecular weight excluding hydrogens is 370 g/mol. The van der Waals surface area contributed by atoms with Crippen LogP contribution in [0.4, 0.5) is 11.4 Å². The van der Waals surface area contributed by atoms with Gasteiger partial charge in [0.05, 0.1) is 18.1 Å². The second kappa shape index (κ2) is 8.37. The molecule has 7 nitrogen and oxygen atoms in total. The van der Waals surface area contributed by atoms with Gasteiger partial charge in [-0.05, 0) is 23.8 Å². The van der Waals surface area contributed by atoms with E-state index in [2.05, 4.69) is 0 Å². The van der Waals surface area contributed by atoms with E-state index in [9.17, 15) is 14.9 Å². The van der Waals surface area contributed by atoms with Crippen molar-refractivity contribution in [2.75, 3.05) is 38.3 Å². The van der Waals surface area contributed by atoms with E-state index >= 15 is 0 Å². The Labute approximate surface area is 162 Å². The van der Waals surface area contributed by atoms with Gasteiger partial charge in [-0.25, -0.2) is 0 Å². The van der Waals surface area contributed by atoms with Crippen molar-refractivity contribution < 1.29 is 14.5 Å². The van der Waals surface area contributed by atoms with Crippen LogP contribution >= 0.6 is 11.6 Å². The number of ether oxygens (including phenoxy) is 1. The summed E-state index contributed by atoms with van der Waals surface area (Å²) in [5, 5.41) is 12.2. The number of nitro groups is 1. The Bertz CT molecular complexity index is 853. The molecule has 0 spiro atoms. The maximum absolute atomic E-state index is 12.6. The van der Waals surface area contributed by atoms with E-state index in [1.54, 1.807) is 35.0 Å². The van der Waals surface area contributed by atoms with Gasteiger partial charge in [-0.2, -0.15) is 0 Å². The summed E-state index contributed by atoms with van der Waals surface area (Å²) in [6, 6.07) is 11.9. The molecule has 0 aliphatic carbocycles. The van der Waals surface area contributed by atoms with Gasteiger partial charge in [0, 0.05) is 43.3 Å². The Morgan fingerprint density at radius 1 is 1.26 bits per heavy atom. The number of nitro benzene ring substituents is 1. The molecule has 8 heteroatoms. The highest BCUT2D eigenvalue weighted by molar-refractivity contribution is 6.31. The van der Waals surface area contributed by atoms with Gasteiger partial charge in [0.2, 0.25) is 0 Å². The van der Waals surface area contributed by atoms with Crippen molar-refractivity contribution in [3.63, 3.8) is 0 Å². The standard InChI is InChI=1S/C19H20ClN3O4/c1-21(13-15-4-2-3-5-16(15)20)17-7-6-14(12-18(17)23(25)26)19(24)22-8-10-27-11-9-22/h2-7,12H,8-11,13H2,1H3. The molecule has 1 aliphatic heterocycles. The zero-order valence-electron chi connectivity index (χ0n) is 14.9. The van der Waals surface area contributed by atoms with Crippen molar-refractivity contribution in [3.8, 4) is 0 Å². The summed E-state index contributed by atoms with van der Waals surface area (Å²) in [5.74, 6) is -0.221. The van der Waals surface area contributed by atoms with Crippen LogP contribution in [0.1, 0.15) is 15.9 Å². The number of hydrogen-bond donors (Lipinski definition) is 0. The third-order valence-electron chi connectivity index (χ3n) is 4.49. The minimum Gasteiger partial charge on any atom is -0.378 e. The number of halogens is 1. The minimum absolute atomic E-state index is 0.108. The van der Waals surface area contributed by atoms with Crippen molar-refractivity contribution in [1.29, 1.82) is 0 Å². The second-order valence-corrected chi connectivity index (χ2v) is 6.72. The predicted molar refractivity (Wildman–Crippen MR) is 103 cm³/mol. The number of carbonyl (C=O) groups excluding carboxylic acids is 1. The minimum atomic E-state index is -0.464. The van der Waals surface area contributed by atoms with Crippen LogP contribution in [0.25, 0.3) is 0 Å². The van der Waals surface area contributed by atoms with Crippen molar-refractivity contribution in [1.82, 2.24) is 4.90 Å². The first kappa shape index (κ1) is 19.1. The fourth-order valence-electron chi connectivity index (χ4n) is 3.04. The number of rotatable bonds is 5. The lowest BCUT2D eigenvalue weighted by atomic mass is 10.1. The van der Waals surface area contributed by atoms with E-state index in [0.717, 1.165) is 5.56 Å². The summed E-state index contributed by atoms with van der Waals surface area (Å²) in [4.78, 5) is 27.1. The number of carbonyl (C=O) groups is 1. The van der Waals surface area contributed by atoms with Crippen molar-refractivity contribution >= 4 is 28.9 Å². The fourth-order valence-corrected chi connectivity index (χ4v) is 3.24. The van der Waals surface area contributed by atoms with Gasteiger partial charge in [0.25, 0.3) is 11.6 Å². The van der Waals surface area contributed by atoms with E-state index < -0.39 is 4.92 Å². The molecule has 2 aromatic rings. The SMILES string of the molecule is CN(Cc1ccccc1Cl)c1ccc(C(=O)N2CCOCC2)cc1[N+](=O)[O-]. The molecule has 3 rings (SSSR count). The van der Waals surface area contributed by atoms with Crippen LogP contribution in [-0.4, -0.2) is 49.1 Å². The Hall–Kier alpha value is -2.64. The lowest BCUT2D eigenvalue weighted by Gasteiger charge is -2.27. The Morgan fingerprint density at radius 3 is 2.63 bits per heavy atom. The Kier molecular flexibility index (Phi) is 5.93. The number of anilines is 1. The molecule has 1 saturated heterocycles. The summed E-state index contributed by atoms with van der Waals surface area (Å²) in [6.45, 7) is 2.35. The van der Waals surface area contributed by atoms with Crippen molar-refractivity contribution in [3.05, 3.63) is 68.7 Å². The van der Waals surface area contributed by atoms with Crippen molar-refractivity contribution in [2.24, 2.45) is 0 Å². The predicted octanol–water partition coefficient (Wildman–Crippen LogP) is 3.36. The molecule has 1 amide bonds. The largest absolute Gasteiger partial charge is 0.378 e. The van der Waals surface area contributed by atoms with Crippen LogP contribution in [0.3, 0.4) is 0 Å². The Balaban J connectivity index is 1.86. The summed E-state index contributed by atoms with van der Waals surface area (Å²) in [6.07, 6.45) is 0. The summed E-state index contributed by atoms with van der Waals surface area (Å²) in [7, 11) is 1.76. The fraction of sp³-hybridized carbons (Fsp3) is 0.316. The molecule has 27 heavy (non-hydrogen) atoms. The van der Waals surface area contributed by atoms with Crippen LogP contribution in [0.15, 0.2) is 42.5 Å². The molecular formula is C19H20ClN3O4. The normalized spacial score (nSPS) is 14.1. The molecule has 1 fully saturated rings. The monoisotopic (exact) mass is 389 g/mol. The summed E-state index contributed by atoms with van der Waals surface area (Å²) in [5.41, 5.74) is 1.49. The number of hydrogen-bond acceptors (Lipinski definition) is 5. The maximum atomic E-state index is 12.6. The van der Waals surface area contributed by atoms with Crippen LogP contribution in [-0.2, 0) is 11.3 Å². The third-order valence-corrected chi connectivity index (χ3v) is 4.86. The van der Waals surface area contributed by atoms with Crippen LogP contribution in [0, 0.1) is 10.1 Å². The topological polar surface area (TPSA) is 75.9 Å². The first-order valence-electron chi connectivity index (χ1n) is 8.57. The quantitative estimate of drug-likeness (QED) is 0.579. The van der Waals surface area contributed by atoms with E-state index in [1.165, 1.54) is 6.07 Å². The zero-order chi connectivity index (χ0) is 19.4. The smallest absolute Gasteiger partial charge is 0.293 e. The molecule has 0 N–H and O–H groups in total. The average Bonchev–Trinajstić information content (AvgIpc) is 2.69. The van der Waals surface area contributed by atoms with Gasteiger partial charge in [-0.1, -0.05) is 29.8 Å². The first-order valence-corrected chi connectivity index (χ1v) is 8.95. The van der Waals surface area contributed by atoms with E-state index in [-0.39, 0.29) is 11.6 Å². The van der Waals surface area contributed by atoms with Gasteiger partial charge < -0.3 is 14.5 Å². The maximum Gasteiger partial charge on any atom is 0.293 e. The highest BCUT2D eigenvalue weighted by atomic mass is 35.5.